The monoisotopic (exact) mass is 199 g/mol. The number of likely N-dealkylation sites (N-methyl/N-ethyl adjacent to an activating group) is 1. The van der Waals surface area contributed by atoms with Crippen molar-refractivity contribution in [3.8, 4) is 12.3 Å². The molecule has 0 N–H and O–H groups in total. The van der Waals surface area contributed by atoms with Gasteiger partial charge in [0.1, 0.15) is 1.37 Å². The standard InChI is InChI=1S/C13H17N/c1-4-10-14(3)12(2)11-13-8-6-5-7-9-13/h1,5-9,12H,10-11H2,2-3H3/t12-/m1/s1/i1D,2D3,5D,6D,7D,8D,9D,10D2,12D. The maximum Gasteiger partial charge on any atom is 0.124 e. The summed E-state index contributed by atoms with van der Waals surface area (Å²) in [5, 5.41) is 0. The van der Waals surface area contributed by atoms with Gasteiger partial charge in [0.15, 0.2) is 0 Å². The lowest BCUT2D eigenvalue weighted by molar-refractivity contribution is 0.287. The molecule has 0 saturated carbocycles. The van der Waals surface area contributed by atoms with Gasteiger partial charge in [0.05, 0.1) is 16.1 Å². The van der Waals surface area contributed by atoms with Gasteiger partial charge in [-0.2, -0.15) is 0 Å². The van der Waals surface area contributed by atoms with Crippen LogP contribution < -0.4 is 0 Å². The molecule has 1 rings (SSSR count). The van der Waals surface area contributed by atoms with E-state index in [0.29, 0.717) is 4.90 Å². The summed E-state index contributed by atoms with van der Waals surface area (Å²) in [5.41, 5.74) is -0.413. The van der Waals surface area contributed by atoms with Crippen molar-refractivity contribution in [2.45, 2.75) is 19.3 Å². The van der Waals surface area contributed by atoms with Crippen LogP contribution in [0.5, 0.6) is 0 Å². The first-order valence-corrected chi connectivity index (χ1v) is 3.85. The number of hydrogen-bond donors (Lipinski definition) is 0. The van der Waals surface area contributed by atoms with E-state index in [0.717, 1.165) is 7.05 Å². The Hall–Kier alpha value is -1.26. The van der Waals surface area contributed by atoms with Crippen LogP contribution in [0, 0.1) is 12.3 Å². The van der Waals surface area contributed by atoms with Crippen molar-refractivity contribution in [3.05, 3.63) is 35.8 Å². The summed E-state index contributed by atoms with van der Waals surface area (Å²) >= 11 is 0. The highest BCUT2D eigenvalue weighted by Crippen LogP contribution is 2.06. The van der Waals surface area contributed by atoms with Crippen LogP contribution >= 0.6 is 0 Å². The number of rotatable bonds is 4. The molecule has 0 amide bonds. The van der Waals surface area contributed by atoms with Crippen molar-refractivity contribution in [2.24, 2.45) is 0 Å². The fourth-order valence-electron chi connectivity index (χ4n) is 0.802. The third kappa shape index (κ3) is 3.24. The molecule has 14 heavy (non-hydrogen) atoms. The van der Waals surface area contributed by atoms with Gasteiger partial charge in [-0.05, 0) is 25.9 Å². The van der Waals surface area contributed by atoms with Gasteiger partial charge in [-0.25, -0.2) is 0 Å². The summed E-state index contributed by atoms with van der Waals surface area (Å²) < 4.78 is 92.4. The molecule has 0 heterocycles. The van der Waals surface area contributed by atoms with E-state index >= 15 is 0 Å². The molecule has 0 aromatic heterocycles. The Labute approximate surface area is 104 Å². The van der Waals surface area contributed by atoms with Gasteiger partial charge in [0.25, 0.3) is 0 Å². The zero-order chi connectivity index (χ0) is 20.7. The van der Waals surface area contributed by atoms with E-state index in [2.05, 4.69) is 0 Å². The molecule has 0 bridgehead atoms. The summed E-state index contributed by atoms with van der Waals surface area (Å²) in [6, 6.07) is -6.02. The molecule has 1 aromatic rings. The topological polar surface area (TPSA) is 3.24 Å². The molecule has 0 aliphatic heterocycles. The van der Waals surface area contributed by atoms with Crippen LogP contribution in [0.2, 0.25) is 0 Å². The summed E-state index contributed by atoms with van der Waals surface area (Å²) in [4.78, 5) is 0.481. The van der Waals surface area contributed by atoms with Crippen LogP contribution in [0.15, 0.2) is 30.2 Å². The minimum atomic E-state index is -3.11. The van der Waals surface area contributed by atoms with Gasteiger partial charge in [-0.1, -0.05) is 36.1 Å². The van der Waals surface area contributed by atoms with Crippen LogP contribution in [-0.2, 0) is 6.42 Å². The van der Waals surface area contributed by atoms with E-state index < -0.39 is 61.6 Å². The van der Waals surface area contributed by atoms with Crippen LogP contribution in [0.1, 0.15) is 28.9 Å². The Balaban J connectivity index is 3.64. The lowest BCUT2D eigenvalue weighted by Crippen LogP contribution is -2.31. The third-order valence-corrected chi connectivity index (χ3v) is 1.52. The van der Waals surface area contributed by atoms with E-state index in [9.17, 15) is 0 Å². The average Bonchev–Trinajstić information content (AvgIpc) is 2.53. The summed E-state index contributed by atoms with van der Waals surface area (Å²) in [6.45, 7) is -5.77. The molecule has 0 fully saturated rings. The molecule has 0 unspecified atom stereocenters. The fraction of sp³-hybridized carbons (Fsp3) is 0.385. The Kier molecular flexibility index (Phi) is 1.12. The highest BCUT2D eigenvalue weighted by atomic mass is 15.1. The van der Waals surface area contributed by atoms with Gasteiger partial charge in [-0.3, -0.25) is 4.90 Å². The van der Waals surface area contributed by atoms with Crippen LogP contribution in [-0.4, -0.2) is 24.5 Å². The van der Waals surface area contributed by atoms with Gasteiger partial charge in [-0.15, -0.1) is 6.40 Å². The highest BCUT2D eigenvalue weighted by Gasteiger charge is 2.07. The van der Waals surface area contributed by atoms with Gasteiger partial charge in [0, 0.05) is 11.5 Å². The zero-order valence-corrected chi connectivity index (χ0v) is 7.65. The van der Waals surface area contributed by atoms with Crippen molar-refractivity contribution >= 4 is 0 Å². The van der Waals surface area contributed by atoms with Crippen molar-refractivity contribution in [1.82, 2.24) is 4.90 Å². The van der Waals surface area contributed by atoms with Crippen molar-refractivity contribution in [3.63, 3.8) is 0 Å². The Morgan fingerprint density at radius 2 is 2.57 bits per heavy atom. The normalized spacial score (nSPS) is 28.4. The Bertz CT molecular complexity index is 730. The van der Waals surface area contributed by atoms with E-state index in [4.69, 9.17) is 16.4 Å². The second-order valence-electron chi connectivity index (χ2n) is 2.52. The number of benzene rings is 1. The number of terminal acetylenes is 1. The zero-order valence-electron chi connectivity index (χ0n) is 19.7. The average molecular weight is 199 g/mol. The highest BCUT2D eigenvalue weighted by molar-refractivity contribution is 5.15. The SMILES string of the molecule is [2H]C#CC([2H])([2H])N(C)[C@@]([2H])(Cc1c([2H])c([2H])c([2H])c([2H])c1[2H])C([2H])([2H])[2H]. The minimum absolute atomic E-state index is 0.413. The molecular formula is C13H17N. The van der Waals surface area contributed by atoms with Crippen LogP contribution in [0.25, 0.3) is 0 Å². The number of hydrogen-bond acceptors (Lipinski definition) is 1. The smallest absolute Gasteiger partial charge is 0.124 e. The predicted octanol–water partition coefficient (Wildman–Crippen LogP) is 2.18. The lowest BCUT2D eigenvalue weighted by atomic mass is 10.1. The summed E-state index contributed by atoms with van der Waals surface area (Å²) in [6.07, 6.45) is 0.716. The van der Waals surface area contributed by atoms with Gasteiger partial charge in [0.2, 0.25) is 0 Å². The molecule has 74 valence electrons. The van der Waals surface area contributed by atoms with Gasteiger partial charge >= 0.3 is 0 Å². The molecule has 1 heteroatoms. The maximum atomic E-state index is 8.40. The molecule has 0 spiro atoms. The van der Waals surface area contributed by atoms with Crippen molar-refractivity contribution in [1.29, 1.82) is 0 Å². The first-order valence-electron chi connectivity index (χ1n) is 9.85. The Morgan fingerprint density at radius 1 is 1.79 bits per heavy atom. The molecule has 0 saturated heterocycles. The lowest BCUT2D eigenvalue weighted by Gasteiger charge is -2.22. The van der Waals surface area contributed by atoms with E-state index in [-0.39, 0.29) is 0 Å². The predicted molar refractivity (Wildman–Crippen MR) is 61.1 cm³/mol. The van der Waals surface area contributed by atoms with Gasteiger partial charge < -0.3 is 0 Å². The third-order valence-electron chi connectivity index (χ3n) is 1.52. The molecule has 0 aliphatic carbocycles. The van der Waals surface area contributed by atoms with E-state index in [1.165, 1.54) is 0 Å². The van der Waals surface area contributed by atoms with E-state index in [1.807, 2.05) is 5.92 Å². The summed E-state index contributed by atoms with van der Waals surface area (Å²) in [5.74, 6) is 1.85. The first kappa shape index (κ1) is 2.87. The first-order chi connectivity index (χ1) is 11.6. The van der Waals surface area contributed by atoms with E-state index in [1.54, 1.807) is 6.40 Å². The number of nitrogens with zero attached hydrogens (tertiary/aromatic N) is 1. The molecule has 0 aliphatic rings. The molecule has 1 nitrogen and oxygen atoms in total. The van der Waals surface area contributed by atoms with Crippen molar-refractivity contribution in [2.75, 3.05) is 13.5 Å². The quantitative estimate of drug-likeness (QED) is 0.672. The summed E-state index contributed by atoms with van der Waals surface area (Å²) in [7, 11) is 0.985. The maximum absolute atomic E-state index is 8.40. The second kappa shape index (κ2) is 5.47. The largest absolute Gasteiger partial charge is 0.292 e. The molecular weight excluding hydrogens is 170 g/mol. The van der Waals surface area contributed by atoms with Crippen LogP contribution in [0.4, 0.5) is 0 Å². The van der Waals surface area contributed by atoms with Crippen LogP contribution in [0.3, 0.4) is 0 Å². The second-order valence-corrected chi connectivity index (χ2v) is 2.52. The molecule has 1 aromatic carbocycles. The fourth-order valence-corrected chi connectivity index (χ4v) is 0.802. The van der Waals surface area contributed by atoms with Crippen molar-refractivity contribution < 1.29 is 16.4 Å². The molecule has 1 atom stereocenters. The Morgan fingerprint density at radius 3 is 3.21 bits per heavy atom. The minimum Gasteiger partial charge on any atom is -0.292 e. The molecule has 0 radical (unpaired) electrons.